The summed E-state index contributed by atoms with van der Waals surface area (Å²) in [5, 5.41) is 3.46. The molecule has 3 nitrogen and oxygen atoms in total. The van der Waals surface area contributed by atoms with E-state index >= 15 is 0 Å². The van der Waals surface area contributed by atoms with Gasteiger partial charge in [-0.05, 0) is 56.5 Å². The molecular formula is C18H30N2O. The van der Waals surface area contributed by atoms with Crippen LogP contribution in [-0.4, -0.2) is 38.2 Å². The number of rotatable bonds is 10. The van der Waals surface area contributed by atoms with Gasteiger partial charge in [-0.15, -0.1) is 0 Å². The highest BCUT2D eigenvalue weighted by Gasteiger charge is 2.24. The van der Waals surface area contributed by atoms with Crippen molar-refractivity contribution in [3.8, 4) is 5.75 Å². The first-order chi connectivity index (χ1) is 10.3. The van der Waals surface area contributed by atoms with Crippen LogP contribution in [0.3, 0.4) is 0 Å². The van der Waals surface area contributed by atoms with E-state index in [1.54, 1.807) is 0 Å². The number of benzene rings is 1. The molecule has 0 aromatic heterocycles. The predicted octanol–water partition coefficient (Wildman–Crippen LogP) is 3.47. The summed E-state index contributed by atoms with van der Waals surface area (Å²) in [5.74, 6) is 1.92. The normalized spacial score (nSPS) is 16.2. The van der Waals surface area contributed by atoms with E-state index in [9.17, 15) is 0 Å². The zero-order chi connectivity index (χ0) is 15.1. The van der Waals surface area contributed by atoms with Crippen LogP contribution in [0, 0.1) is 5.92 Å². The molecule has 21 heavy (non-hydrogen) atoms. The fourth-order valence-electron chi connectivity index (χ4n) is 2.64. The summed E-state index contributed by atoms with van der Waals surface area (Å²) in [6.07, 6.45) is 3.89. The van der Waals surface area contributed by atoms with Crippen molar-refractivity contribution >= 4 is 0 Å². The zero-order valence-electron chi connectivity index (χ0n) is 13.8. The Bertz CT molecular complexity index is 400. The second-order valence-electron chi connectivity index (χ2n) is 6.05. The Morgan fingerprint density at radius 1 is 1.24 bits per heavy atom. The van der Waals surface area contributed by atoms with Gasteiger partial charge in [-0.1, -0.05) is 26.0 Å². The van der Waals surface area contributed by atoms with Gasteiger partial charge in [0.2, 0.25) is 0 Å². The molecule has 0 aliphatic heterocycles. The zero-order valence-corrected chi connectivity index (χ0v) is 13.8. The summed E-state index contributed by atoms with van der Waals surface area (Å²) >= 11 is 0. The Kier molecular flexibility index (Phi) is 6.52. The summed E-state index contributed by atoms with van der Waals surface area (Å²) in [6, 6.07) is 8.96. The lowest BCUT2D eigenvalue weighted by Crippen LogP contribution is -2.35. The monoisotopic (exact) mass is 290 g/mol. The maximum atomic E-state index is 5.66. The van der Waals surface area contributed by atoms with Crippen LogP contribution in [0.15, 0.2) is 24.3 Å². The average molecular weight is 290 g/mol. The average Bonchev–Trinajstić information content (AvgIpc) is 3.34. The lowest BCUT2D eigenvalue weighted by Gasteiger charge is -2.26. The smallest absolute Gasteiger partial charge is 0.119 e. The van der Waals surface area contributed by atoms with Gasteiger partial charge in [0, 0.05) is 19.1 Å². The Morgan fingerprint density at radius 2 is 1.95 bits per heavy atom. The number of likely N-dealkylation sites (N-methyl/N-ethyl adjacent to an activating group) is 2. The maximum Gasteiger partial charge on any atom is 0.119 e. The largest absolute Gasteiger partial charge is 0.494 e. The summed E-state index contributed by atoms with van der Waals surface area (Å²) in [6.45, 7) is 8.65. The third-order valence-electron chi connectivity index (χ3n) is 4.21. The summed E-state index contributed by atoms with van der Waals surface area (Å²) in [4.78, 5) is 2.57. The third kappa shape index (κ3) is 5.33. The minimum atomic E-state index is 0.393. The molecule has 1 unspecified atom stereocenters. The van der Waals surface area contributed by atoms with Crippen molar-refractivity contribution in [1.82, 2.24) is 10.2 Å². The Balaban J connectivity index is 1.92. The molecule has 1 aromatic carbocycles. The third-order valence-corrected chi connectivity index (χ3v) is 4.21. The van der Waals surface area contributed by atoms with E-state index < -0.39 is 0 Å². The lowest BCUT2D eigenvalue weighted by molar-refractivity contribution is 0.248. The van der Waals surface area contributed by atoms with Gasteiger partial charge in [-0.2, -0.15) is 0 Å². The van der Waals surface area contributed by atoms with Crippen molar-refractivity contribution < 1.29 is 4.74 Å². The molecule has 1 fully saturated rings. The molecule has 1 N–H and O–H groups in total. The second kappa shape index (κ2) is 8.40. The van der Waals surface area contributed by atoms with Gasteiger partial charge in [0.15, 0.2) is 0 Å². The Labute approximate surface area is 129 Å². The standard InChI is InChI=1S/C18H30N2O/c1-4-12-21-17-10-8-16(9-11-17)18(19-3)14-20(5-2)13-15-6-7-15/h8-11,15,18-19H,4-7,12-14H2,1-3H3. The minimum Gasteiger partial charge on any atom is -0.494 e. The summed E-state index contributed by atoms with van der Waals surface area (Å²) < 4.78 is 5.66. The van der Waals surface area contributed by atoms with Crippen molar-refractivity contribution in [3.05, 3.63) is 29.8 Å². The van der Waals surface area contributed by atoms with Gasteiger partial charge < -0.3 is 15.0 Å². The van der Waals surface area contributed by atoms with Crippen LogP contribution < -0.4 is 10.1 Å². The molecule has 2 rings (SSSR count). The predicted molar refractivity (Wildman–Crippen MR) is 88.9 cm³/mol. The first-order valence-corrected chi connectivity index (χ1v) is 8.39. The molecule has 0 saturated heterocycles. The van der Waals surface area contributed by atoms with Crippen LogP contribution in [0.5, 0.6) is 5.75 Å². The molecule has 0 spiro atoms. The number of hydrogen-bond donors (Lipinski definition) is 1. The number of hydrogen-bond acceptors (Lipinski definition) is 3. The first-order valence-electron chi connectivity index (χ1n) is 8.39. The van der Waals surface area contributed by atoms with E-state index in [0.717, 1.165) is 37.8 Å². The number of ether oxygens (including phenoxy) is 1. The highest BCUT2D eigenvalue weighted by molar-refractivity contribution is 5.29. The van der Waals surface area contributed by atoms with Crippen LogP contribution in [0.2, 0.25) is 0 Å². The molecule has 1 aromatic rings. The molecule has 1 aliphatic carbocycles. The van der Waals surface area contributed by atoms with Gasteiger partial charge in [0.25, 0.3) is 0 Å². The molecule has 0 heterocycles. The van der Waals surface area contributed by atoms with Gasteiger partial charge >= 0.3 is 0 Å². The van der Waals surface area contributed by atoms with Crippen LogP contribution in [0.4, 0.5) is 0 Å². The van der Waals surface area contributed by atoms with Crippen molar-refractivity contribution in [2.45, 2.75) is 39.2 Å². The molecule has 1 atom stereocenters. The van der Waals surface area contributed by atoms with Crippen LogP contribution in [0.25, 0.3) is 0 Å². The van der Waals surface area contributed by atoms with Crippen LogP contribution in [-0.2, 0) is 0 Å². The fourth-order valence-corrected chi connectivity index (χ4v) is 2.64. The number of nitrogens with one attached hydrogen (secondary N) is 1. The van der Waals surface area contributed by atoms with E-state index in [0.29, 0.717) is 6.04 Å². The summed E-state index contributed by atoms with van der Waals surface area (Å²) in [5.41, 5.74) is 1.34. The topological polar surface area (TPSA) is 24.5 Å². The van der Waals surface area contributed by atoms with Crippen molar-refractivity contribution in [2.24, 2.45) is 5.92 Å². The van der Waals surface area contributed by atoms with E-state index in [4.69, 9.17) is 4.74 Å². The summed E-state index contributed by atoms with van der Waals surface area (Å²) in [7, 11) is 2.05. The minimum absolute atomic E-state index is 0.393. The molecular weight excluding hydrogens is 260 g/mol. The molecule has 1 aliphatic rings. The van der Waals surface area contributed by atoms with Crippen molar-refractivity contribution in [2.75, 3.05) is 33.3 Å². The van der Waals surface area contributed by atoms with Gasteiger partial charge in [0.05, 0.1) is 6.61 Å². The van der Waals surface area contributed by atoms with Crippen LogP contribution >= 0.6 is 0 Å². The molecule has 0 radical (unpaired) electrons. The fraction of sp³-hybridized carbons (Fsp3) is 0.667. The van der Waals surface area contributed by atoms with Gasteiger partial charge in [0.1, 0.15) is 5.75 Å². The van der Waals surface area contributed by atoms with Crippen LogP contribution in [0.1, 0.15) is 44.7 Å². The van der Waals surface area contributed by atoms with Gasteiger partial charge in [-0.3, -0.25) is 0 Å². The molecule has 0 bridgehead atoms. The second-order valence-corrected chi connectivity index (χ2v) is 6.05. The van der Waals surface area contributed by atoms with Gasteiger partial charge in [-0.25, -0.2) is 0 Å². The Morgan fingerprint density at radius 3 is 2.48 bits per heavy atom. The first kappa shape index (κ1) is 16.3. The van der Waals surface area contributed by atoms with E-state index in [-0.39, 0.29) is 0 Å². The highest BCUT2D eigenvalue weighted by atomic mass is 16.5. The molecule has 1 saturated carbocycles. The maximum absolute atomic E-state index is 5.66. The highest BCUT2D eigenvalue weighted by Crippen LogP contribution is 2.30. The molecule has 0 amide bonds. The molecule has 3 heteroatoms. The quantitative estimate of drug-likeness (QED) is 0.714. The van der Waals surface area contributed by atoms with E-state index in [2.05, 4.69) is 55.4 Å². The SMILES string of the molecule is CCCOc1ccc(C(CN(CC)CC2CC2)NC)cc1. The van der Waals surface area contributed by atoms with Crippen molar-refractivity contribution in [3.63, 3.8) is 0 Å². The Hall–Kier alpha value is -1.06. The van der Waals surface area contributed by atoms with E-state index in [1.165, 1.54) is 24.9 Å². The molecule has 118 valence electrons. The van der Waals surface area contributed by atoms with Crippen molar-refractivity contribution in [1.29, 1.82) is 0 Å². The van der Waals surface area contributed by atoms with E-state index in [1.807, 2.05) is 0 Å². The lowest BCUT2D eigenvalue weighted by atomic mass is 10.1. The number of nitrogens with zero attached hydrogens (tertiary/aromatic N) is 1.